The first kappa shape index (κ1) is 29.1. The van der Waals surface area contributed by atoms with E-state index in [9.17, 15) is 14.7 Å². The Labute approximate surface area is 227 Å². The fourth-order valence-corrected chi connectivity index (χ4v) is 9.79. The molecule has 0 unspecified atom stereocenters. The molecule has 4 heteroatoms. The molecule has 8 atom stereocenters. The van der Waals surface area contributed by atoms with E-state index in [2.05, 4.69) is 13.8 Å². The molecular weight excluding hydrogens is 458 g/mol. The quantitative estimate of drug-likeness (QED) is 0.232. The third kappa shape index (κ3) is 6.64. The molecule has 0 radical (unpaired) electrons. The van der Waals surface area contributed by atoms with Gasteiger partial charge in [-0.15, -0.1) is 0 Å². The zero-order chi connectivity index (χ0) is 26.5. The van der Waals surface area contributed by atoms with Gasteiger partial charge >= 0.3 is 0 Å². The number of aliphatic hydroxyl groups excluding tert-OH is 1. The zero-order valence-electron chi connectivity index (χ0n) is 24.2. The number of unbranched alkanes of at least 4 members (excludes halogenated alkanes) is 10. The number of amides is 1. The van der Waals surface area contributed by atoms with Crippen molar-refractivity contribution < 1.29 is 14.7 Å². The summed E-state index contributed by atoms with van der Waals surface area (Å²) in [5.41, 5.74) is 5.69. The first-order valence-electron chi connectivity index (χ1n) is 16.2. The highest BCUT2D eigenvalue weighted by molar-refractivity contribution is 5.79. The van der Waals surface area contributed by atoms with Crippen LogP contribution in [0.3, 0.4) is 0 Å². The summed E-state index contributed by atoms with van der Waals surface area (Å²) in [7, 11) is 0. The van der Waals surface area contributed by atoms with Crippen molar-refractivity contribution in [1.29, 1.82) is 0 Å². The first-order valence-corrected chi connectivity index (χ1v) is 16.2. The van der Waals surface area contributed by atoms with Crippen LogP contribution in [-0.4, -0.2) is 22.9 Å². The van der Waals surface area contributed by atoms with Crippen molar-refractivity contribution in [3.05, 3.63) is 0 Å². The Hall–Kier alpha value is -0.900. The van der Waals surface area contributed by atoms with Crippen LogP contribution in [0.25, 0.3) is 0 Å². The highest BCUT2D eigenvalue weighted by atomic mass is 16.3. The lowest BCUT2D eigenvalue weighted by Crippen LogP contribution is -2.57. The van der Waals surface area contributed by atoms with E-state index in [-0.39, 0.29) is 17.4 Å². The van der Waals surface area contributed by atoms with Crippen LogP contribution in [0.4, 0.5) is 0 Å². The number of hydrogen-bond donors (Lipinski definition) is 2. The second-order valence-electron chi connectivity index (χ2n) is 14.3. The molecule has 3 N–H and O–H groups in total. The molecule has 4 saturated carbocycles. The Bertz CT molecular complexity index is 767. The van der Waals surface area contributed by atoms with Gasteiger partial charge in [0.05, 0.1) is 6.10 Å². The molecule has 0 spiro atoms. The smallest absolute Gasteiger partial charge is 0.217 e. The van der Waals surface area contributed by atoms with Crippen LogP contribution < -0.4 is 5.73 Å². The van der Waals surface area contributed by atoms with Gasteiger partial charge in [-0.3, -0.25) is 9.59 Å². The van der Waals surface area contributed by atoms with Gasteiger partial charge in [-0.1, -0.05) is 84.5 Å². The van der Waals surface area contributed by atoms with Gasteiger partial charge in [0.1, 0.15) is 5.78 Å². The van der Waals surface area contributed by atoms with Crippen LogP contribution in [0.1, 0.15) is 149 Å². The van der Waals surface area contributed by atoms with E-state index in [0.717, 1.165) is 56.3 Å². The van der Waals surface area contributed by atoms with E-state index in [1.807, 2.05) is 0 Å². The maximum Gasteiger partial charge on any atom is 0.217 e. The van der Waals surface area contributed by atoms with Crippen molar-refractivity contribution in [1.82, 2.24) is 0 Å². The van der Waals surface area contributed by atoms with Gasteiger partial charge in [0, 0.05) is 19.3 Å². The molecule has 0 saturated heterocycles. The molecule has 0 aromatic rings. The molecule has 0 aromatic carbocycles. The van der Waals surface area contributed by atoms with E-state index in [1.54, 1.807) is 0 Å². The number of primary amides is 1. The molecule has 0 aliphatic heterocycles. The summed E-state index contributed by atoms with van der Waals surface area (Å²) in [5.74, 6) is 3.95. The van der Waals surface area contributed by atoms with Crippen molar-refractivity contribution in [2.75, 3.05) is 0 Å². The number of carbonyl (C=O) groups is 2. The van der Waals surface area contributed by atoms with Gasteiger partial charge in [-0.25, -0.2) is 0 Å². The number of ketones is 1. The van der Waals surface area contributed by atoms with Crippen LogP contribution in [0.5, 0.6) is 0 Å². The molecule has 4 fully saturated rings. The van der Waals surface area contributed by atoms with Gasteiger partial charge in [0.15, 0.2) is 0 Å². The number of carbonyl (C=O) groups excluding carboxylic acids is 2. The first-order chi connectivity index (χ1) is 17.8. The average molecular weight is 516 g/mol. The maximum atomic E-state index is 12.5. The summed E-state index contributed by atoms with van der Waals surface area (Å²) < 4.78 is 0. The normalized spacial score (nSPS) is 39.2. The van der Waals surface area contributed by atoms with E-state index < -0.39 is 0 Å². The van der Waals surface area contributed by atoms with Crippen LogP contribution in [0, 0.1) is 40.4 Å². The summed E-state index contributed by atoms with van der Waals surface area (Å²) in [6.45, 7) is 4.95. The van der Waals surface area contributed by atoms with Crippen molar-refractivity contribution in [2.24, 2.45) is 46.2 Å². The molecule has 37 heavy (non-hydrogen) atoms. The summed E-state index contributed by atoms with van der Waals surface area (Å²) in [6, 6.07) is 0. The van der Waals surface area contributed by atoms with Crippen LogP contribution in [0.2, 0.25) is 0 Å². The Balaban J connectivity index is 1.21. The van der Waals surface area contributed by atoms with Crippen LogP contribution >= 0.6 is 0 Å². The Kier molecular flexibility index (Phi) is 10.2. The highest BCUT2D eigenvalue weighted by Crippen LogP contribution is 2.67. The van der Waals surface area contributed by atoms with E-state index >= 15 is 0 Å². The van der Waals surface area contributed by atoms with E-state index in [4.69, 9.17) is 5.73 Å². The van der Waals surface area contributed by atoms with Crippen molar-refractivity contribution in [3.63, 3.8) is 0 Å². The molecule has 1 amide bonds. The predicted octanol–water partition coefficient (Wildman–Crippen LogP) is 7.74. The summed E-state index contributed by atoms with van der Waals surface area (Å²) in [6.07, 6.45) is 24.6. The van der Waals surface area contributed by atoms with Crippen LogP contribution in [-0.2, 0) is 9.59 Å². The van der Waals surface area contributed by atoms with Gasteiger partial charge in [-0.05, 0) is 85.4 Å². The molecule has 0 bridgehead atoms. The Morgan fingerprint density at radius 2 is 1.43 bits per heavy atom. The van der Waals surface area contributed by atoms with Gasteiger partial charge in [0.2, 0.25) is 5.91 Å². The molecule has 4 rings (SSSR count). The molecule has 4 aliphatic carbocycles. The molecule has 212 valence electrons. The molecule has 0 heterocycles. The van der Waals surface area contributed by atoms with Crippen molar-refractivity contribution >= 4 is 11.7 Å². The summed E-state index contributed by atoms with van der Waals surface area (Å²) >= 11 is 0. The number of hydrogen-bond acceptors (Lipinski definition) is 3. The van der Waals surface area contributed by atoms with E-state index in [0.29, 0.717) is 29.5 Å². The van der Waals surface area contributed by atoms with Gasteiger partial charge in [-0.2, -0.15) is 0 Å². The Morgan fingerprint density at radius 1 is 0.838 bits per heavy atom. The lowest BCUT2D eigenvalue weighted by molar-refractivity contribution is -0.156. The molecule has 4 nitrogen and oxygen atoms in total. The topological polar surface area (TPSA) is 80.4 Å². The largest absolute Gasteiger partial charge is 0.393 e. The number of rotatable bonds is 14. The van der Waals surface area contributed by atoms with Gasteiger partial charge < -0.3 is 10.8 Å². The lowest BCUT2D eigenvalue weighted by atomic mass is 9.42. The summed E-state index contributed by atoms with van der Waals surface area (Å²) in [5, 5.41) is 10.9. The standard InChI is InChI=1S/C33H57NO3/c1-32-20-18-26(35)23-25(32)22-24(31-27-16-17-29(36)33(27,2)21-19-28(31)32)14-12-10-8-6-4-3-5-7-9-11-13-15-30(34)37/h24-25,27-29,31,36H,3-23H2,1-2H3,(H2,34,37)/t24-,25+,27+,28+,29+,31+,32+,33+/m1/s1. The number of Topliss-reactive ketones (excluding diaryl/α,β-unsaturated/α-hetero) is 1. The predicted molar refractivity (Wildman–Crippen MR) is 151 cm³/mol. The fraction of sp³-hybridized carbons (Fsp3) is 0.939. The third-order valence-electron chi connectivity index (χ3n) is 12.1. The average Bonchev–Trinajstić information content (AvgIpc) is 3.17. The number of aliphatic hydroxyl groups is 1. The number of fused-ring (bicyclic) bond motifs is 5. The monoisotopic (exact) mass is 515 g/mol. The highest BCUT2D eigenvalue weighted by Gasteiger charge is 2.62. The fourth-order valence-electron chi connectivity index (χ4n) is 9.79. The maximum absolute atomic E-state index is 12.5. The van der Waals surface area contributed by atoms with E-state index in [1.165, 1.54) is 89.9 Å². The second-order valence-corrected chi connectivity index (χ2v) is 14.3. The SMILES string of the molecule is C[C@]12CCC(=O)C[C@@H]1C[C@@H](CCCCCCCCCCCCCC(N)=O)[C@@H]1[C@@H]2CC[C@]2(C)[C@@H](O)CC[C@@H]12. The Morgan fingerprint density at radius 3 is 2.08 bits per heavy atom. The zero-order valence-corrected chi connectivity index (χ0v) is 24.2. The lowest BCUT2D eigenvalue weighted by Gasteiger charge is -2.62. The van der Waals surface area contributed by atoms with Gasteiger partial charge in [0.25, 0.3) is 0 Å². The summed E-state index contributed by atoms with van der Waals surface area (Å²) in [4.78, 5) is 23.2. The molecule has 0 aromatic heterocycles. The minimum atomic E-state index is -0.166. The van der Waals surface area contributed by atoms with Crippen LogP contribution in [0.15, 0.2) is 0 Å². The third-order valence-corrected chi connectivity index (χ3v) is 12.1. The van der Waals surface area contributed by atoms with Crippen molar-refractivity contribution in [2.45, 2.75) is 155 Å². The molecule has 4 aliphatic rings. The number of nitrogens with two attached hydrogens (primary N) is 1. The minimum Gasteiger partial charge on any atom is -0.393 e. The molecular formula is C33H57NO3. The minimum absolute atomic E-state index is 0.104. The second kappa shape index (κ2) is 13.0. The van der Waals surface area contributed by atoms with Crippen molar-refractivity contribution in [3.8, 4) is 0 Å².